The van der Waals surface area contributed by atoms with Crippen molar-refractivity contribution in [3.63, 3.8) is 0 Å². The maximum Gasteiger partial charge on any atom is 0.247 e. The van der Waals surface area contributed by atoms with Gasteiger partial charge in [0.25, 0.3) is 0 Å². The molecule has 3 aromatic carbocycles. The summed E-state index contributed by atoms with van der Waals surface area (Å²) >= 11 is 0. The molecular formula is C30H25N3O2. The van der Waals surface area contributed by atoms with Gasteiger partial charge in [0.1, 0.15) is 5.76 Å². The molecule has 2 heterocycles. The van der Waals surface area contributed by atoms with Gasteiger partial charge in [-0.3, -0.25) is 4.79 Å². The van der Waals surface area contributed by atoms with Gasteiger partial charge in [-0.25, -0.2) is 4.68 Å². The molecule has 0 atom stereocenters. The van der Waals surface area contributed by atoms with Crippen LogP contribution in [0.2, 0.25) is 0 Å². The summed E-state index contributed by atoms with van der Waals surface area (Å²) in [7, 11) is 0. The number of hydrogen-bond donors (Lipinski definition) is 0. The van der Waals surface area contributed by atoms with E-state index in [4.69, 9.17) is 9.52 Å². The van der Waals surface area contributed by atoms with Gasteiger partial charge in [-0.1, -0.05) is 78.9 Å². The molecule has 0 aliphatic rings. The largest absolute Gasteiger partial charge is 0.467 e. The second-order valence-electron chi connectivity index (χ2n) is 8.17. The van der Waals surface area contributed by atoms with Crippen LogP contribution in [0.4, 0.5) is 0 Å². The predicted octanol–water partition coefficient (Wildman–Crippen LogP) is 6.37. The van der Waals surface area contributed by atoms with E-state index in [1.165, 1.54) is 0 Å². The molecular weight excluding hydrogens is 434 g/mol. The van der Waals surface area contributed by atoms with Crippen molar-refractivity contribution in [2.24, 2.45) is 0 Å². The molecule has 35 heavy (non-hydrogen) atoms. The van der Waals surface area contributed by atoms with Crippen molar-refractivity contribution in [2.75, 3.05) is 0 Å². The Labute approximate surface area is 204 Å². The number of para-hydroxylation sites is 1. The van der Waals surface area contributed by atoms with Crippen molar-refractivity contribution in [1.82, 2.24) is 14.7 Å². The second-order valence-corrected chi connectivity index (χ2v) is 8.17. The lowest BCUT2D eigenvalue weighted by Crippen LogP contribution is -2.28. The summed E-state index contributed by atoms with van der Waals surface area (Å²) in [5.41, 5.74) is 4.69. The minimum Gasteiger partial charge on any atom is -0.467 e. The molecule has 0 bridgehead atoms. The lowest BCUT2D eigenvalue weighted by atomic mass is 10.1. The van der Waals surface area contributed by atoms with Gasteiger partial charge in [0.15, 0.2) is 0 Å². The highest BCUT2D eigenvalue weighted by Crippen LogP contribution is 2.25. The molecule has 0 saturated carbocycles. The second kappa shape index (κ2) is 10.5. The summed E-state index contributed by atoms with van der Waals surface area (Å²) in [4.78, 5) is 15.1. The van der Waals surface area contributed by atoms with E-state index in [-0.39, 0.29) is 5.91 Å². The van der Waals surface area contributed by atoms with Gasteiger partial charge in [-0.2, -0.15) is 5.10 Å². The zero-order valence-electron chi connectivity index (χ0n) is 19.2. The Morgan fingerprint density at radius 1 is 0.829 bits per heavy atom. The third-order valence-corrected chi connectivity index (χ3v) is 5.67. The molecule has 0 aliphatic carbocycles. The Hall–Kier alpha value is -4.64. The van der Waals surface area contributed by atoms with Crippen LogP contribution in [-0.2, 0) is 17.9 Å². The average molecular weight is 460 g/mol. The smallest absolute Gasteiger partial charge is 0.247 e. The van der Waals surface area contributed by atoms with Crippen LogP contribution in [0.15, 0.2) is 126 Å². The number of carbonyl (C=O) groups is 1. The Morgan fingerprint density at radius 3 is 2.20 bits per heavy atom. The van der Waals surface area contributed by atoms with Gasteiger partial charge in [-0.15, -0.1) is 0 Å². The number of amides is 1. The molecule has 2 aromatic heterocycles. The highest BCUT2D eigenvalue weighted by Gasteiger charge is 2.15. The summed E-state index contributed by atoms with van der Waals surface area (Å²) in [6.07, 6.45) is 7.04. The number of nitrogens with zero attached hydrogens (tertiary/aromatic N) is 3. The molecule has 0 unspecified atom stereocenters. The molecule has 5 heteroatoms. The first-order valence-electron chi connectivity index (χ1n) is 11.5. The monoisotopic (exact) mass is 459 g/mol. The third-order valence-electron chi connectivity index (χ3n) is 5.67. The van der Waals surface area contributed by atoms with E-state index in [0.29, 0.717) is 13.1 Å². The Bertz CT molecular complexity index is 1390. The first-order valence-corrected chi connectivity index (χ1v) is 11.5. The van der Waals surface area contributed by atoms with Gasteiger partial charge >= 0.3 is 0 Å². The summed E-state index contributed by atoms with van der Waals surface area (Å²) in [6, 6.07) is 33.6. The van der Waals surface area contributed by atoms with E-state index in [2.05, 4.69) is 0 Å². The van der Waals surface area contributed by atoms with Gasteiger partial charge in [-0.05, 0) is 35.9 Å². The number of hydrogen-bond acceptors (Lipinski definition) is 3. The van der Waals surface area contributed by atoms with E-state index in [1.807, 2.05) is 120 Å². The molecule has 5 rings (SSSR count). The minimum atomic E-state index is -0.100. The summed E-state index contributed by atoms with van der Waals surface area (Å²) in [6.45, 7) is 0.874. The minimum absolute atomic E-state index is 0.100. The van der Waals surface area contributed by atoms with E-state index in [0.717, 1.165) is 33.8 Å². The van der Waals surface area contributed by atoms with Crippen LogP contribution in [0.5, 0.6) is 0 Å². The first kappa shape index (κ1) is 22.2. The molecule has 0 fully saturated rings. The molecule has 5 aromatic rings. The Morgan fingerprint density at radius 2 is 1.51 bits per heavy atom. The summed E-state index contributed by atoms with van der Waals surface area (Å²) in [5.74, 6) is 0.640. The van der Waals surface area contributed by atoms with Crippen molar-refractivity contribution in [1.29, 1.82) is 0 Å². The predicted molar refractivity (Wildman–Crippen MR) is 137 cm³/mol. The summed E-state index contributed by atoms with van der Waals surface area (Å²) < 4.78 is 7.36. The number of aromatic nitrogens is 2. The summed E-state index contributed by atoms with van der Waals surface area (Å²) in [5, 5.41) is 4.83. The number of furan rings is 1. The maximum absolute atomic E-state index is 13.3. The molecule has 0 saturated heterocycles. The van der Waals surface area contributed by atoms with Crippen LogP contribution in [-0.4, -0.2) is 20.6 Å². The average Bonchev–Trinajstić information content (AvgIpc) is 3.59. The van der Waals surface area contributed by atoms with Gasteiger partial charge in [0.05, 0.1) is 24.2 Å². The van der Waals surface area contributed by atoms with Crippen LogP contribution >= 0.6 is 0 Å². The standard InChI is InChI=1S/C30H25N3O2/c34-29(32(23-28-17-10-20-35-28)21-24-11-4-1-5-12-24)19-18-26-22-33(27-15-8-3-9-16-27)31-30(26)25-13-6-2-7-14-25/h1-20,22H,21,23H2/b19-18+. The molecule has 0 spiro atoms. The molecule has 172 valence electrons. The van der Waals surface area contributed by atoms with Crippen molar-refractivity contribution >= 4 is 12.0 Å². The Balaban J connectivity index is 1.45. The fraction of sp³-hybridized carbons (Fsp3) is 0.0667. The lowest BCUT2D eigenvalue weighted by Gasteiger charge is -2.20. The third kappa shape index (κ3) is 5.47. The topological polar surface area (TPSA) is 51.3 Å². The van der Waals surface area contributed by atoms with Crippen LogP contribution in [0.3, 0.4) is 0 Å². The van der Waals surface area contributed by atoms with Gasteiger partial charge < -0.3 is 9.32 Å². The molecule has 0 aliphatic heterocycles. The zero-order chi connectivity index (χ0) is 23.9. The fourth-order valence-electron chi connectivity index (χ4n) is 3.92. The highest BCUT2D eigenvalue weighted by atomic mass is 16.3. The van der Waals surface area contributed by atoms with Crippen LogP contribution in [0.1, 0.15) is 16.9 Å². The SMILES string of the molecule is O=C(/C=C/c1cn(-c2ccccc2)nc1-c1ccccc1)N(Cc1ccccc1)Cc1ccco1. The van der Waals surface area contributed by atoms with Gasteiger partial charge in [0.2, 0.25) is 5.91 Å². The van der Waals surface area contributed by atoms with E-state index in [1.54, 1.807) is 17.2 Å². The normalized spacial score (nSPS) is 11.1. The molecule has 1 amide bonds. The number of rotatable bonds is 8. The van der Waals surface area contributed by atoms with E-state index >= 15 is 0 Å². The quantitative estimate of drug-likeness (QED) is 0.253. The molecule has 0 radical (unpaired) electrons. The van der Waals surface area contributed by atoms with Crippen LogP contribution in [0, 0.1) is 0 Å². The number of carbonyl (C=O) groups excluding carboxylic acids is 1. The Kier molecular flexibility index (Phi) is 6.67. The lowest BCUT2D eigenvalue weighted by molar-refractivity contribution is -0.127. The van der Waals surface area contributed by atoms with Crippen molar-refractivity contribution in [3.05, 3.63) is 139 Å². The zero-order valence-corrected chi connectivity index (χ0v) is 19.2. The van der Waals surface area contributed by atoms with E-state index < -0.39 is 0 Å². The number of benzene rings is 3. The van der Waals surface area contributed by atoms with Crippen LogP contribution in [0.25, 0.3) is 23.0 Å². The van der Waals surface area contributed by atoms with Crippen molar-refractivity contribution in [2.45, 2.75) is 13.1 Å². The van der Waals surface area contributed by atoms with Crippen LogP contribution < -0.4 is 0 Å². The fourth-order valence-corrected chi connectivity index (χ4v) is 3.92. The first-order chi connectivity index (χ1) is 17.3. The maximum atomic E-state index is 13.3. The highest BCUT2D eigenvalue weighted by molar-refractivity contribution is 5.92. The molecule has 5 nitrogen and oxygen atoms in total. The van der Waals surface area contributed by atoms with Crippen molar-refractivity contribution < 1.29 is 9.21 Å². The van der Waals surface area contributed by atoms with Gasteiger partial charge in [0, 0.05) is 29.9 Å². The van der Waals surface area contributed by atoms with Crippen molar-refractivity contribution in [3.8, 4) is 16.9 Å². The van der Waals surface area contributed by atoms with E-state index in [9.17, 15) is 4.79 Å². The molecule has 0 N–H and O–H groups in total.